The molecule has 3 rings (SSSR count). The summed E-state index contributed by atoms with van der Waals surface area (Å²) in [5, 5.41) is 6.30. The van der Waals surface area contributed by atoms with Gasteiger partial charge in [0.2, 0.25) is 5.91 Å². The Morgan fingerprint density at radius 2 is 2.04 bits per heavy atom. The molecule has 0 aliphatic carbocycles. The van der Waals surface area contributed by atoms with Crippen molar-refractivity contribution in [2.75, 3.05) is 11.1 Å². The summed E-state index contributed by atoms with van der Waals surface area (Å²) < 4.78 is 42.7. The van der Waals surface area contributed by atoms with Crippen molar-refractivity contribution in [1.82, 2.24) is 9.78 Å². The zero-order valence-corrected chi connectivity index (χ0v) is 17.0. The first-order valence-electron chi connectivity index (χ1n) is 8.14. The highest BCUT2D eigenvalue weighted by atomic mass is 79.9. The Hall–Kier alpha value is -2.26. The number of aryl methyl sites for hydroxylation is 1. The summed E-state index contributed by atoms with van der Waals surface area (Å²) in [6, 6.07) is 10.9. The molecule has 1 N–H and O–H groups in total. The summed E-state index contributed by atoms with van der Waals surface area (Å²) >= 11 is 4.64. The van der Waals surface area contributed by atoms with Gasteiger partial charge in [-0.3, -0.25) is 4.79 Å². The first-order chi connectivity index (χ1) is 13.2. The van der Waals surface area contributed by atoms with Crippen LogP contribution in [0.1, 0.15) is 11.1 Å². The summed E-state index contributed by atoms with van der Waals surface area (Å²) in [7, 11) is 0. The number of benzene rings is 2. The fourth-order valence-corrected chi connectivity index (χ4v) is 3.83. The molecule has 2 aromatic carbocycles. The van der Waals surface area contributed by atoms with Crippen molar-refractivity contribution in [1.29, 1.82) is 0 Å². The Labute approximate surface area is 172 Å². The smallest absolute Gasteiger partial charge is 0.325 e. The summed E-state index contributed by atoms with van der Waals surface area (Å²) in [6.45, 7) is 1.90. The third-order valence-electron chi connectivity index (χ3n) is 3.85. The second kappa shape index (κ2) is 8.40. The van der Waals surface area contributed by atoms with Crippen LogP contribution >= 0.6 is 27.7 Å². The van der Waals surface area contributed by atoms with E-state index in [0.29, 0.717) is 0 Å². The highest BCUT2D eigenvalue weighted by Gasteiger charge is 2.34. The summed E-state index contributed by atoms with van der Waals surface area (Å²) in [4.78, 5) is 13.1. The topological polar surface area (TPSA) is 46.9 Å². The Morgan fingerprint density at radius 3 is 2.68 bits per heavy atom. The van der Waals surface area contributed by atoms with Crippen LogP contribution in [0.25, 0.3) is 5.69 Å². The molecule has 0 spiro atoms. The van der Waals surface area contributed by atoms with E-state index in [1.807, 2.05) is 25.1 Å². The molecule has 4 nitrogen and oxygen atoms in total. The highest BCUT2D eigenvalue weighted by molar-refractivity contribution is 9.10. The molecule has 0 fully saturated rings. The first kappa shape index (κ1) is 20.5. The number of nitrogens with one attached hydrogen (secondary N) is 1. The number of halogens is 4. The van der Waals surface area contributed by atoms with Crippen LogP contribution in [0.4, 0.5) is 18.9 Å². The minimum absolute atomic E-state index is 0.000672. The number of thioether (sulfide) groups is 1. The van der Waals surface area contributed by atoms with Gasteiger partial charge < -0.3 is 5.32 Å². The SMILES string of the molecule is Cc1cc(Br)ccc1SCC(=O)Nc1ccc(-n2cccn2)cc1C(F)(F)F. The van der Waals surface area contributed by atoms with Gasteiger partial charge >= 0.3 is 6.18 Å². The van der Waals surface area contributed by atoms with E-state index in [1.165, 1.54) is 34.8 Å². The second-order valence-corrected chi connectivity index (χ2v) is 7.86. The Morgan fingerprint density at radius 1 is 1.25 bits per heavy atom. The van der Waals surface area contributed by atoms with Crippen molar-refractivity contribution in [3.63, 3.8) is 0 Å². The van der Waals surface area contributed by atoms with Crippen LogP contribution in [0.2, 0.25) is 0 Å². The third-order valence-corrected chi connectivity index (χ3v) is 5.52. The van der Waals surface area contributed by atoms with Gasteiger partial charge in [0.05, 0.1) is 22.7 Å². The molecule has 146 valence electrons. The monoisotopic (exact) mass is 469 g/mol. The van der Waals surface area contributed by atoms with Crippen molar-refractivity contribution in [3.8, 4) is 5.69 Å². The lowest BCUT2D eigenvalue weighted by Crippen LogP contribution is -2.18. The predicted molar refractivity (Wildman–Crippen MR) is 107 cm³/mol. The largest absolute Gasteiger partial charge is 0.418 e. The number of alkyl halides is 3. The van der Waals surface area contributed by atoms with Gasteiger partial charge in [0, 0.05) is 21.8 Å². The molecule has 1 heterocycles. The van der Waals surface area contributed by atoms with E-state index >= 15 is 0 Å². The lowest BCUT2D eigenvalue weighted by Gasteiger charge is -2.15. The quantitative estimate of drug-likeness (QED) is 0.488. The molecular formula is C19H15BrF3N3OS. The van der Waals surface area contributed by atoms with E-state index in [-0.39, 0.29) is 17.1 Å². The summed E-state index contributed by atoms with van der Waals surface area (Å²) in [6.07, 6.45) is -1.59. The normalized spacial score (nSPS) is 11.5. The molecule has 0 saturated carbocycles. The zero-order valence-electron chi connectivity index (χ0n) is 14.6. The van der Waals surface area contributed by atoms with Crippen LogP contribution in [0.15, 0.2) is 64.2 Å². The Kier molecular flexibility index (Phi) is 6.14. The van der Waals surface area contributed by atoms with Gasteiger partial charge in [-0.15, -0.1) is 11.8 Å². The molecule has 1 amide bonds. The molecule has 9 heteroatoms. The highest BCUT2D eigenvalue weighted by Crippen LogP contribution is 2.36. The number of carbonyl (C=O) groups is 1. The maximum Gasteiger partial charge on any atom is 0.418 e. The van der Waals surface area contributed by atoms with Crippen LogP contribution in [0.5, 0.6) is 0 Å². The maximum absolute atomic E-state index is 13.5. The van der Waals surface area contributed by atoms with Crippen LogP contribution in [-0.2, 0) is 11.0 Å². The van der Waals surface area contributed by atoms with E-state index in [2.05, 4.69) is 26.3 Å². The maximum atomic E-state index is 13.5. The van der Waals surface area contributed by atoms with Gasteiger partial charge in [0.15, 0.2) is 0 Å². The number of amides is 1. The zero-order chi connectivity index (χ0) is 20.3. The van der Waals surface area contributed by atoms with Crippen molar-refractivity contribution >= 4 is 39.3 Å². The van der Waals surface area contributed by atoms with Crippen LogP contribution in [0.3, 0.4) is 0 Å². The number of carbonyl (C=O) groups excluding carboxylic acids is 1. The number of rotatable bonds is 5. The van der Waals surface area contributed by atoms with Gasteiger partial charge in [0.25, 0.3) is 0 Å². The molecule has 0 radical (unpaired) electrons. The molecule has 0 atom stereocenters. The lowest BCUT2D eigenvalue weighted by molar-refractivity contribution is -0.137. The van der Waals surface area contributed by atoms with Crippen LogP contribution in [-0.4, -0.2) is 21.4 Å². The molecule has 28 heavy (non-hydrogen) atoms. The van der Waals surface area contributed by atoms with Crippen LogP contribution in [0, 0.1) is 6.92 Å². The van der Waals surface area contributed by atoms with Gasteiger partial charge in [-0.1, -0.05) is 15.9 Å². The molecule has 0 unspecified atom stereocenters. The number of nitrogens with zero attached hydrogens (tertiary/aromatic N) is 2. The number of anilines is 1. The van der Waals surface area contributed by atoms with Gasteiger partial charge in [0.1, 0.15) is 0 Å². The minimum atomic E-state index is -4.61. The third kappa shape index (κ3) is 4.96. The summed E-state index contributed by atoms with van der Waals surface area (Å²) in [5.41, 5.74) is 0.0436. The first-order valence-corrected chi connectivity index (χ1v) is 9.92. The minimum Gasteiger partial charge on any atom is -0.325 e. The lowest BCUT2D eigenvalue weighted by atomic mass is 10.1. The average molecular weight is 470 g/mol. The Bertz CT molecular complexity index is 991. The molecule has 0 aliphatic heterocycles. The number of hydrogen-bond acceptors (Lipinski definition) is 3. The van der Waals surface area contributed by atoms with E-state index < -0.39 is 17.6 Å². The van der Waals surface area contributed by atoms with Gasteiger partial charge in [-0.2, -0.15) is 18.3 Å². The van der Waals surface area contributed by atoms with E-state index in [4.69, 9.17) is 0 Å². The second-order valence-electron chi connectivity index (χ2n) is 5.92. The Balaban J connectivity index is 1.76. The van der Waals surface area contributed by atoms with Gasteiger partial charge in [-0.05, 0) is 55.0 Å². The molecule has 1 aromatic heterocycles. The number of aromatic nitrogens is 2. The average Bonchev–Trinajstić information content (AvgIpc) is 3.15. The fourth-order valence-electron chi connectivity index (χ4n) is 2.54. The standard InChI is InChI=1S/C19H15BrF3N3OS/c1-12-9-13(20)3-6-17(12)28-11-18(27)25-16-5-4-14(26-8-2-7-24-26)10-15(16)19(21,22)23/h2-10H,11H2,1H3,(H,25,27). The summed E-state index contributed by atoms with van der Waals surface area (Å²) in [5.74, 6) is -0.509. The molecule has 0 bridgehead atoms. The van der Waals surface area contributed by atoms with Crippen molar-refractivity contribution in [2.24, 2.45) is 0 Å². The van der Waals surface area contributed by atoms with E-state index in [0.717, 1.165) is 21.0 Å². The van der Waals surface area contributed by atoms with Crippen LogP contribution < -0.4 is 5.32 Å². The van der Waals surface area contributed by atoms with E-state index in [9.17, 15) is 18.0 Å². The number of hydrogen-bond donors (Lipinski definition) is 1. The molecule has 3 aromatic rings. The van der Waals surface area contributed by atoms with Crippen molar-refractivity contribution < 1.29 is 18.0 Å². The fraction of sp³-hybridized carbons (Fsp3) is 0.158. The molecular weight excluding hydrogens is 455 g/mol. The van der Waals surface area contributed by atoms with Crippen molar-refractivity contribution in [2.45, 2.75) is 18.0 Å². The molecule has 0 saturated heterocycles. The van der Waals surface area contributed by atoms with Gasteiger partial charge in [-0.25, -0.2) is 4.68 Å². The molecule has 0 aliphatic rings. The van der Waals surface area contributed by atoms with E-state index in [1.54, 1.807) is 12.3 Å². The predicted octanol–water partition coefficient (Wildman–Crippen LogP) is 5.69. The van der Waals surface area contributed by atoms with Crippen molar-refractivity contribution in [3.05, 3.63) is 70.5 Å².